The summed E-state index contributed by atoms with van der Waals surface area (Å²) >= 11 is 0. The van der Waals surface area contributed by atoms with E-state index in [9.17, 15) is 9.59 Å². The maximum atomic E-state index is 12.1. The summed E-state index contributed by atoms with van der Waals surface area (Å²) in [5.41, 5.74) is 3.45. The Morgan fingerprint density at radius 2 is 2.05 bits per heavy atom. The Morgan fingerprint density at radius 3 is 2.71 bits per heavy atom. The van der Waals surface area contributed by atoms with Gasteiger partial charge in [-0.15, -0.1) is 0 Å². The van der Waals surface area contributed by atoms with Crippen molar-refractivity contribution in [1.29, 1.82) is 0 Å². The molecule has 5 nitrogen and oxygen atoms in total. The van der Waals surface area contributed by atoms with Crippen molar-refractivity contribution in [2.45, 2.75) is 0 Å². The largest absolute Gasteiger partial charge is 0.362 e. The number of H-pyrrole nitrogens is 1. The fourth-order valence-electron chi connectivity index (χ4n) is 2.31. The fourth-order valence-corrected chi connectivity index (χ4v) is 2.31. The zero-order valence-electron chi connectivity index (χ0n) is 11.8. The van der Waals surface area contributed by atoms with Crippen LogP contribution in [0.5, 0.6) is 0 Å². The molecule has 0 saturated heterocycles. The highest BCUT2D eigenvalue weighted by atomic mass is 16.2. The van der Waals surface area contributed by atoms with E-state index in [4.69, 9.17) is 0 Å². The molecule has 0 unspecified atom stereocenters. The van der Waals surface area contributed by atoms with E-state index < -0.39 is 0 Å². The third-order valence-corrected chi connectivity index (χ3v) is 3.38. The van der Waals surface area contributed by atoms with E-state index in [0.29, 0.717) is 11.1 Å². The van der Waals surface area contributed by atoms with E-state index in [-0.39, 0.29) is 11.8 Å². The Kier molecular flexibility index (Phi) is 3.10. The van der Waals surface area contributed by atoms with Gasteiger partial charge in [-0.25, -0.2) is 0 Å². The van der Waals surface area contributed by atoms with Gasteiger partial charge in [0.25, 0.3) is 11.8 Å². The number of hydrogen-bond acceptors (Lipinski definition) is 2. The van der Waals surface area contributed by atoms with Crippen LogP contribution in [0.4, 0.5) is 5.69 Å². The van der Waals surface area contributed by atoms with Crippen LogP contribution < -0.4 is 5.32 Å². The molecule has 2 aromatic rings. The van der Waals surface area contributed by atoms with Crippen molar-refractivity contribution in [1.82, 2.24) is 9.88 Å². The van der Waals surface area contributed by atoms with Gasteiger partial charge in [-0.2, -0.15) is 0 Å². The number of fused-ring (bicyclic) bond motifs is 1. The molecule has 0 fully saturated rings. The lowest BCUT2D eigenvalue weighted by Gasteiger charge is -2.11. The minimum atomic E-state index is -0.158. The van der Waals surface area contributed by atoms with Crippen LogP contribution in [0.2, 0.25) is 0 Å². The first kappa shape index (κ1) is 13.2. The van der Waals surface area contributed by atoms with E-state index in [1.54, 1.807) is 44.6 Å². The van der Waals surface area contributed by atoms with Gasteiger partial charge in [-0.1, -0.05) is 0 Å². The third kappa shape index (κ3) is 2.33. The van der Waals surface area contributed by atoms with Gasteiger partial charge in [0, 0.05) is 42.8 Å². The number of amides is 2. The van der Waals surface area contributed by atoms with Crippen molar-refractivity contribution in [3.8, 4) is 0 Å². The molecule has 1 aromatic heterocycles. The standard InChI is InChI=1S/C16H15N3O2/c1-19(2)16(21)10-5-6-14-12(8-10)13(15(20)18-14)9-11-4-3-7-17-11/h3-9,17H,1-2H3,(H,18,20)/b13-9+. The highest BCUT2D eigenvalue weighted by Gasteiger charge is 2.25. The first-order valence-electron chi connectivity index (χ1n) is 6.59. The summed E-state index contributed by atoms with van der Waals surface area (Å²) in [4.78, 5) is 28.7. The second-order valence-electron chi connectivity index (χ2n) is 5.10. The molecule has 0 radical (unpaired) electrons. The molecule has 5 heteroatoms. The smallest absolute Gasteiger partial charge is 0.256 e. The zero-order chi connectivity index (χ0) is 15.0. The normalized spacial score (nSPS) is 15.0. The molecule has 21 heavy (non-hydrogen) atoms. The molecule has 2 heterocycles. The summed E-state index contributed by atoms with van der Waals surface area (Å²) in [6, 6.07) is 8.99. The monoisotopic (exact) mass is 281 g/mol. The summed E-state index contributed by atoms with van der Waals surface area (Å²) in [5.74, 6) is -0.245. The summed E-state index contributed by atoms with van der Waals surface area (Å²) in [5, 5.41) is 2.81. The van der Waals surface area contributed by atoms with Crippen molar-refractivity contribution < 1.29 is 9.59 Å². The summed E-state index contributed by atoms with van der Waals surface area (Å²) in [7, 11) is 3.41. The number of benzene rings is 1. The van der Waals surface area contributed by atoms with Crippen LogP contribution in [0.3, 0.4) is 0 Å². The number of nitrogens with zero attached hydrogens (tertiary/aromatic N) is 1. The Hall–Kier alpha value is -2.82. The molecule has 1 aliphatic heterocycles. The molecule has 0 bridgehead atoms. The first-order valence-corrected chi connectivity index (χ1v) is 6.59. The molecule has 1 aliphatic rings. The molecule has 2 N–H and O–H groups in total. The van der Waals surface area contributed by atoms with E-state index in [2.05, 4.69) is 10.3 Å². The van der Waals surface area contributed by atoms with Crippen LogP contribution in [0, 0.1) is 0 Å². The molecule has 2 amide bonds. The predicted molar refractivity (Wildman–Crippen MR) is 81.8 cm³/mol. The van der Waals surface area contributed by atoms with Gasteiger partial charge in [-0.3, -0.25) is 9.59 Å². The SMILES string of the molecule is CN(C)C(=O)c1ccc2c(c1)/C(=C\c1ccc[nH]1)C(=O)N2. The summed E-state index contributed by atoms with van der Waals surface area (Å²) in [6.45, 7) is 0. The molecule has 3 rings (SSSR count). The minimum Gasteiger partial charge on any atom is -0.362 e. The quantitative estimate of drug-likeness (QED) is 0.829. The van der Waals surface area contributed by atoms with Crippen molar-refractivity contribution in [3.05, 3.63) is 53.3 Å². The number of aromatic amines is 1. The highest BCUT2D eigenvalue weighted by Crippen LogP contribution is 2.33. The van der Waals surface area contributed by atoms with Crippen LogP contribution in [0.15, 0.2) is 36.5 Å². The van der Waals surface area contributed by atoms with Crippen molar-refractivity contribution in [3.63, 3.8) is 0 Å². The summed E-state index contributed by atoms with van der Waals surface area (Å²) < 4.78 is 0. The van der Waals surface area contributed by atoms with Gasteiger partial charge < -0.3 is 15.2 Å². The molecule has 0 spiro atoms. The van der Waals surface area contributed by atoms with E-state index in [1.165, 1.54) is 4.90 Å². The summed E-state index contributed by atoms with van der Waals surface area (Å²) in [6.07, 6.45) is 3.58. The maximum Gasteiger partial charge on any atom is 0.256 e. The van der Waals surface area contributed by atoms with Crippen LogP contribution in [-0.4, -0.2) is 35.8 Å². The van der Waals surface area contributed by atoms with Crippen molar-refractivity contribution in [2.75, 3.05) is 19.4 Å². The second kappa shape index (κ2) is 4.94. The second-order valence-corrected chi connectivity index (χ2v) is 5.10. The molecule has 0 saturated carbocycles. The van der Waals surface area contributed by atoms with Crippen LogP contribution >= 0.6 is 0 Å². The van der Waals surface area contributed by atoms with Crippen molar-refractivity contribution >= 4 is 29.2 Å². The number of nitrogens with one attached hydrogen (secondary N) is 2. The molecule has 0 aliphatic carbocycles. The van der Waals surface area contributed by atoms with Gasteiger partial charge in [0.1, 0.15) is 0 Å². The van der Waals surface area contributed by atoms with E-state index >= 15 is 0 Å². The lowest BCUT2D eigenvalue weighted by molar-refractivity contribution is -0.110. The van der Waals surface area contributed by atoms with Gasteiger partial charge >= 0.3 is 0 Å². The number of carbonyl (C=O) groups is 2. The fraction of sp³-hybridized carbons (Fsp3) is 0.125. The molecule has 1 aromatic carbocycles. The highest BCUT2D eigenvalue weighted by molar-refractivity contribution is 6.35. The number of rotatable bonds is 2. The number of aromatic nitrogens is 1. The Morgan fingerprint density at radius 1 is 1.24 bits per heavy atom. The Labute approximate surface area is 122 Å². The Bertz CT molecular complexity index is 743. The zero-order valence-corrected chi connectivity index (χ0v) is 11.8. The number of carbonyl (C=O) groups excluding carboxylic acids is 2. The van der Waals surface area contributed by atoms with E-state index in [1.807, 2.05) is 12.1 Å². The number of hydrogen-bond donors (Lipinski definition) is 2. The topological polar surface area (TPSA) is 65.2 Å². The average Bonchev–Trinajstić information content (AvgIpc) is 3.07. The van der Waals surface area contributed by atoms with Crippen LogP contribution in [0.1, 0.15) is 21.6 Å². The van der Waals surface area contributed by atoms with Crippen LogP contribution in [-0.2, 0) is 4.79 Å². The van der Waals surface area contributed by atoms with Crippen LogP contribution in [0.25, 0.3) is 11.6 Å². The molecular formula is C16H15N3O2. The van der Waals surface area contributed by atoms with Gasteiger partial charge in [0.15, 0.2) is 0 Å². The molecule has 0 atom stereocenters. The average molecular weight is 281 g/mol. The maximum absolute atomic E-state index is 12.1. The first-order chi connectivity index (χ1) is 10.1. The molecular weight excluding hydrogens is 266 g/mol. The minimum absolute atomic E-state index is 0.0867. The molecule has 106 valence electrons. The lowest BCUT2D eigenvalue weighted by Crippen LogP contribution is -2.21. The van der Waals surface area contributed by atoms with Crippen molar-refractivity contribution in [2.24, 2.45) is 0 Å². The Balaban J connectivity index is 2.07. The number of anilines is 1. The van der Waals surface area contributed by atoms with E-state index in [0.717, 1.165) is 16.9 Å². The predicted octanol–water partition coefficient (Wildman–Crippen LogP) is 2.21. The van der Waals surface area contributed by atoms with Gasteiger partial charge in [-0.05, 0) is 36.4 Å². The van der Waals surface area contributed by atoms with Gasteiger partial charge in [0.2, 0.25) is 0 Å². The van der Waals surface area contributed by atoms with Gasteiger partial charge in [0.05, 0.1) is 5.57 Å². The lowest BCUT2D eigenvalue weighted by atomic mass is 10.0. The third-order valence-electron chi connectivity index (χ3n) is 3.38.